The lowest BCUT2D eigenvalue weighted by Crippen LogP contribution is -1.90. The van der Waals surface area contributed by atoms with Gasteiger partial charge in [-0.05, 0) is 48.0 Å². The van der Waals surface area contributed by atoms with Gasteiger partial charge in [-0.25, -0.2) is 14.7 Å². The average molecular weight is 475 g/mol. The van der Waals surface area contributed by atoms with Gasteiger partial charge in [0.15, 0.2) is 0 Å². The number of benzene rings is 3. The molecule has 1 N–H and O–H groups in total. The summed E-state index contributed by atoms with van der Waals surface area (Å²) < 4.78 is 7.65. The van der Waals surface area contributed by atoms with Gasteiger partial charge < -0.3 is 9.84 Å². The number of phenols is 1. The summed E-state index contributed by atoms with van der Waals surface area (Å²) >= 11 is 3.41. The van der Waals surface area contributed by atoms with Crippen LogP contribution in [0.2, 0.25) is 0 Å². The number of aliphatic imine (C=N–C) groups is 1. The van der Waals surface area contributed by atoms with E-state index in [0.717, 1.165) is 27.0 Å². The zero-order chi connectivity index (χ0) is 21.6. The number of aromatic nitrogens is 2. The Bertz CT molecular complexity index is 1230. The summed E-state index contributed by atoms with van der Waals surface area (Å²) in [4.78, 5) is 9.10. The van der Waals surface area contributed by atoms with Crippen LogP contribution in [0.3, 0.4) is 0 Å². The van der Waals surface area contributed by atoms with E-state index in [-0.39, 0.29) is 5.75 Å². The Morgan fingerprint density at radius 2 is 1.77 bits per heavy atom. The predicted molar refractivity (Wildman–Crippen MR) is 127 cm³/mol. The van der Waals surface area contributed by atoms with Crippen molar-refractivity contribution in [3.8, 4) is 22.8 Å². The first-order valence-corrected chi connectivity index (χ1v) is 10.3. The van der Waals surface area contributed by atoms with E-state index < -0.39 is 0 Å². The maximum atomic E-state index is 10.1. The molecule has 0 aliphatic carbocycles. The molecule has 0 amide bonds. The van der Waals surface area contributed by atoms with Gasteiger partial charge in [0.1, 0.15) is 11.5 Å². The van der Waals surface area contributed by atoms with Crippen LogP contribution in [0.15, 0.2) is 93.6 Å². The van der Waals surface area contributed by atoms with Crippen LogP contribution in [0.4, 0.5) is 5.95 Å². The molecule has 6 nitrogen and oxygen atoms in total. The van der Waals surface area contributed by atoms with E-state index in [0.29, 0.717) is 11.5 Å². The molecule has 154 valence electrons. The molecule has 3 aromatic carbocycles. The highest BCUT2D eigenvalue weighted by molar-refractivity contribution is 9.10. The molecule has 0 spiro atoms. The molecule has 1 heterocycles. The van der Waals surface area contributed by atoms with Crippen LogP contribution in [0.5, 0.6) is 11.5 Å². The van der Waals surface area contributed by atoms with E-state index in [4.69, 9.17) is 4.74 Å². The normalized spacial score (nSPS) is 11.4. The summed E-state index contributed by atoms with van der Waals surface area (Å²) in [6.45, 7) is 0. The summed E-state index contributed by atoms with van der Waals surface area (Å²) in [7, 11) is 1.63. The average Bonchev–Trinajstić information content (AvgIpc) is 3.22. The van der Waals surface area contributed by atoms with Crippen molar-refractivity contribution in [2.45, 2.75) is 0 Å². The van der Waals surface area contributed by atoms with Crippen LogP contribution in [0.25, 0.3) is 11.3 Å². The van der Waals surface area contributed by atoms with Crippen molar-refractivity contribution in [2.75, 3.05) is 7.11 Å². The summed E-state index contributed by atoms with van der Waals surface area (Å²) in [5, 5.41) is 14.6. The minimum atomic E-state index is 0.134. The second-order valence-corrected chi connectivity index (χ2v) is 7.53. The van der Waals surface area contributed by atoms with E-state index in [9.17, 15) is 5.11 Å². The number of hydrogen-bond donors (Lipinski definition) is 1. The third-order valence-electron chi connectivity index (χ3n) is 4.50. The molecule has 4 aromatic rings. The van der Waals surface area contributed by atoms with Crippen molar-refractivity contribution in [2.24, 2.45) is 10.1 Å². The van der Waals surface area contributed by atoms with Gasteiger partial charge in [0.05, 0.1) is 25.2 Å². The van der Waals surface area contributed by atoms with Gasteiger partial charge in [-0.1, -0.05) is 46.3 Å². The standard InChI is InChI=1S/C24H19BrN4O2/c1-31-21-10-7-17(8-11-21)14-27-29-16-22(18-5-3-2-4-6-18)28-24(29)26-15-19-13-20(25)9-12-23(19)30/h2-16,30H,1H3. The second kappa shape index (κ2) is 9.40. The van der Waals surface area contributed by atoms with Gasteiger partial charge in [-0.15, -0.1) is 0 Å². The van der Waals surface area contributed by atoms with Crippen LogP contribution in [0.1, 0.15) is 11.1 Å². The number of hydrogen-bond acceptors (Lipinski definition) is 5. The molecule has 0 fully saturated rings. The molecule has 0 radical (unpaired) electrons. The molecule has 0 aliphatic heterocycles. The minimum Gasteiger partial charge on any atom is -0.507 e. The highest BCUT2D eigenvalue weighted by atomic mass is 79.9. The van der Waals surface area contributed by atoms with E-state index >= 15 is 0 Å². The van der Waals surface area contributed by atoms with Gasteiger partial charge >= 0.3 is 0 Å². The third-order valence-corrected chi connectivity index (χ3v) is 4.99. The topological polar surface area (TPSA) is 72.0 Å². The van der Waals surface area contributed by atoms with Crippen LogP contribution in [0, 0.1) is 0 Å². The molecule has 0 aliphatic rings. The fourth-order valence-electron chi connectivity index (χ4n) is 2.86. The summed E-state index contributed by atoms with van der Waals surface area (Å²) in [6, 6.07) is 22.6. The van der Waals surface area contributed by atoms with Gasteiger partial charge in [0.2, 0.25) is 0 Å². The number of halogens is 1. The smallest absolute Gasteiger partial charge is 0.251 e. The number of methoxy groups -OCH3 is 1. The third kappa shape index (κ3) is 5.07. The molecule has 0 bridgehead atoms. The quantitative estimate of drug-likeness (QED) is 0.366. The fourth-order valence-corrected chi connectivity index (χ4v) is 3.24. The van der Waals surface area contributed by atoms with E-state index in [1.807, 2.05) is 60.8 Å². The monoisotopic (exact) mass is 474 g/mol. The minimum absolute atomic E-state index is 0.134. The van der Waals surface area contributed by atoms with Crippen LogP contribution in [-0.4, -0.2) is 34.3 Å². The van der Waals surface area contributed by atoms with E-state index in [1.54, 1.807) is 42.4 Å². The first-order valence-electron chi connectivity index (χ1n) is 9.48. The second-order valence-electron chi connectivity index (χ2n) is 6.62. The first kappa shape index (κ1) is 20.6. The fraction of sp³-hybridized carbons (Fsp3) is 0.0417. The Morgan fingerprint density at radius 3 is 2.52 bits per heavy atom. The number of ether oxygens (including phenoxy) is 1. The van der Waals surface area contributed by atoms with Crippen LogP contribution in [-0.2, 0) is 0 Å². The van der Waals surface area contributed by atoms with Crippen molar-refractivity contribution < 1.29 is 9.84 Å². The van der Waals surface area contributed by atoms with E-state index in [2.05, 4.69) is 31.0 Å². The molecule has 0 unspecified atom stereocenters. The molecule has 4 rings (SSSR count). The Morgan fingerprint density at radius 1 is 1.00 bits per heavy atom. The van der Waals surface area contributed by atoms with Crippen LogP contribution >= 0.6 is 15.9 Å². The number of nitrogens with zero attached hydrogens (tertiary/aromatic N) is 4. The highest BCUT2D eigenvalue weighted by Gasteiger charge is 2.09. The molecular weight excluding hydrogens is 456 g/mol. The lowest BCUT2D eigenvalue weighted by atomic mass is 10.2. The Labute approximate surface area is 188 Å². The number of rotatable bonds is 6. The molecule has 0 saturated heterocycles. The summed E-state index contributed by atoms with van der Waals surface area (Å²) in [5.41, 5.74) is 3.19. The van der Waals surface area contributed by atoms with Crippen molar-refractivity contribution in [1.29, 1.82) is 0 Å². The summed E-state index contributed by atoms with van der Waals surface area (Å²) in [6.07, 6.45) is 5.12. The maximum absolute atomic E-state index is 10.1. The molecular formula is C24H19BrN4O2. The van der Waals surface area contributed by atoms with Crippen LogP contribution < -0.4 is 4.74 Å². The van der Waals surface area contributed by atoms with Crippen molar-refractivity contribution in [3.05, 3.63) is 94.6 Å². The lowest BCUT2D eigenvalue weighted by molar-refractivity contribution is 0.415. The zero-order valence-electron chi connectivity index (χ0n) is 16.7. The molecule has 7 heteroatoms. The largest absolute Gasteiger partial charge is 0.507 e. The highest BCUT2D eigenvalue weighted by Crippen LogP contribution is 2.24. The van der Waals surface area contributed by atoms with E-state index in [1.165, 1.54) is 0 Å². The molecule has 1 aromatic heterocycles. The summed E-state index contributed by atoms with van der Waals surface area (Å²) in [5.74, 6) is 1.31. The lowest BCUT2D eigenvalue weighted by Gasteiger charge is -2.00. The zero-order valence-corrected chi connectivity index (χ0v) is 18.3. The predicted octanol–water partition coefficient (Wildman–Crippen LogP) is 5.66. The molecule has 0 atom stereocenters. The SMILES string of the molecule is COc1ccc(C=Nn2cc(-c3ccccc3)nc2N=Cc2cc(Br)ccc2O)cc1. The number of phenolic OH excluding ortho intramolecular Hbond substituents is 1. The Balaban J connectivity index is 1.70. The Hall–Kier alpha value is -3.71. The maximum Gasteiger partial charge on any atom is 0.251 e. The van der Waals surface area contributed by atoms with Gasteiger partial charge in [-0.3, -0.25) is 0 Å². The van der Waals surface area contributed by atoms with Crippen molar-refractivity contribution >= 4 is 34.3 Å². The number of aromatic hydroxyl groups is 1. The van der Waals surface area contributed by atoms with Gasteiger partial charge in [0.25, 0.3) is 5.95 Å². The van der Waals surface area contributed by atoms with Crippen molar-refractivity contribution in [1.82, 2.24) is 9.66 Å². The molecule has 31 heavy (non-hydrogen) atoms. The van der Waals surface area contributed by atoms with Crippen molar-refractivity contribution in [3.63, 3.8) is 0 Å². The van der Waals surface area contributed by atoms with Gasteiger partial charge in [-0.2, -0.15) is 5.10 Å². The van der Waals surface area contributed by atoms with Gasteiger partial charge in [0, 0.05) is 21.8 Å². The molecule has 0 saturated carbocycles. The number of imidazole rings is 1. The Kier molecular flexibility index (Phi) is 6.24. The first-order chi connectivity index (χ1) is 15.1.